The summed E-state index contributed by atoms with van der Waals surface area (Å²) in [7, 11) is 0. The van der Waals surface area contributed by atoms with E-state index in [-0.39, 0.29) is 5.41 Å². The van der Waals surface area contributed by atoms with E-state index in [0.29, 0.717) is 4.88 Å². The van der Waals surface area contributed by atoms with Gasteiger partial charge in [-0.15, -0.1) is 11.3 Å². The van der Waals surface area contributed by atoms with Crippen LogP contribution in [0.25, 0.3) is 0 Å². The molecule has 0 saturated carbocycles. The topological polar surface area (TPSA) is 35.8 Å². The van der Waals surface area contributed by atoms with Crippen LogP contribution in [-0.4, -0.2) is 12.7 Å². The highest BCUT2D eigenvalue weighted by Gasteiger charge is 2.29. The molecule has 1 atom stereocenters. The average Bonchev–Trinajstić information content (AvgIpc) is 2.65. The van der Waals surface area contributed by atoms with Gasteiger partial charge in [-0.1, -0.05) is 20.8 Å². The summed E-state index contributed by atoms with van der Waals surface area (Å²) >= 11 is 1.37. The Morgan fingerprint density at radius 3 is 2.33 bits per heavy atom. The molecule has 1 rings (SSSR count). The number of hydrogen-bond acceptors (Lipinski definition) is 3. The molecule has 18 heavy (non-hydrogen) atoms. The summed E-state index contributed by atoms with van der Waals surface area (Å²) in [6.07, 6.45) is -4.31. The molecule has 1 N–H and O–H groups in total. The summed E-state index contributed by atoms with van der Waals surface area (Å²) < 4.78 is 36.3. The highest BCUT2D eigenvalue weighted by atomic mass is 32.1. The monoisotopic (exact) mass is 276 g/mol. The lowest BCUT2D eigenvalue weighted by molar-refractivity contribution is -0.125. The standard InChI is InChI=1S/C12H15F3N2S/c1-11(2,3)10-5-4-9(18-10)8(6-16)17-7-12(13,14)15/h4-5,8,17H,7H2,1-3H3. The Labute approximate surface area is 108 Å². The van der Waals surface area contributed by atoms with Crippen molar-refractivity contribution in [1.29, 1.82) is 5.26 Å². The van der Waals surface area contributed by atoms with Gasteiger partial charge in [0.2, 0.25) is 0 Å². The Morgan fingerprint density at radius 1 is 1.33 bits per heavy atom. The number of halogens is 3. The molecule has 0 spiro atoms. The van der Waals surface area contributed by atoms with Crippen molar-refractivity contribution in [3.63, 3.8) is 0 Å². The molecule has 0 aliphatic carbocycles. The van der Waals surface area contributed by atoms with E-state index in [4.69, 9.17) is 5.26 Å². The van der Waals surface area contributed by atoms with E-state index in [9.17, 15) is 13.2 Å². The second-order valence-electron chi connectivity index (χ2n) is 5.01. The molecule has 0 radical (unpaired) electrons. The van der Waals surface area contributed by atoms with Gasteiger partial charge in [-0.25, -0.2) is 0 Å². The summed E-state index contributed by atoms with van der Waals surface area (Å²) in [6.45, 7) is 4.90. The zero-order valence-corrected chi connectivity index (χ0v) is 11.2. The van der Waals surface area contributed by atoms with E-state index < -0.39 is 18.8 Å². The zero-order chi connectivity index (χ0) is 14.0. The highest BCUT2D eigenvalue weighted by Crippen LogP contribution is 2.32. The van der Waals surface area contributed by atoms with Crippen molar-refractivity contribution < 1.29 is 13.2 Å². The average molecular weight is 276 g/mol. The smallest absolute Gasteiger partial charge is 0.289 e. The lowest BCUT2D eigenvalue weighted by Crippen LogP contribution is -2.31. The van der Waals surface area contributed by atoms with Gasteiger partial charge in [0.25, 0.3) is 0 Å². The number of thiophene rings is 1. The molecule has 0 bridgehead atoms. The third-order valence-corrected chi connectivity index (χ3v) is 3.86. The molecule has 0 aliphatic heterocycles. The van der Waals surface area contributed by atoms with E-state index in [2.05, 4.69) is 5.32 Å². The predicted molar refractivity (Wildman–Crippen MR) is 65.4 cm³/mol. The summed E-state index contributed by atoms with van der Waals surface area (Å²) in [4.78, 5) is 1.67. The minimum atomic E-state index is -4.31. The van der Waals surface area contributed by atoms with Crippen LogP contribution in [0.1, 0.15) is 36.6 Å². The van der Waals surface area contributed by atoms with Gasteiger partial charge in [0.1, 0.15) is 6.04 Å². The summed E-state index contributed by atoms with van der Waals surface area (Å²) in [5, 5.41) is 11.1. The van der Waals surface area contributed by atoms with Crippen LogP contribution in [0.15, 0.2) is 12.1 Å². The van der Waals surface area contributed by atoms with Gasteiger partial charge >= 0.3 is 6.18 Å². The Kier molecular flexibility index (Phi) is 4.41. The van der Waals surface area contributed by atoms with Gasteiger partial charge in [0.15, 0.2) is 0 Å². The number of nitriles is 1. The predicted octanol–water partition coefficient (Wildman–Crippen LogP) is 3.76. The molecule has 100 valence electrons. The van der Waals surface area contributed by atoms with Crippen molar-refractivity contribution in [2.24, 2.45) is 0 Å². The van der Waals surface area contributed by atoms with Crippen LogP contribution in [0.3, 0.4) is 0 Å². The highest BCUT2D eigenvalue weighted by molar-refractivity contribution is 7.12. The van der Waals surface area contributed by atoms with E-state index >= 15 is 0 Å². The van der Waals surface area contributed by atoms with E-state index in [1.54, 1.807) is 6.07 Å². The fourth-order valence-electron chi connectivity index (χ4n) is 1.34. The van der Waals surface area contributed by atoms with Gasteiger partial charge < -0.3 is 0 Å². The van der Waals surface area contributed by atoms with Gasteiger partial charge in [-0.2, -0.15) is 18.4 Å². The molecule has 0 aromatic carbocycles. The molecule has 6 heteroatoms. The molecular formula is C12H15F3N2S. The third kappa shape index (κ3) is 4.31. The number of nitrogens with zero attached hydrogens (tertiary/aromatic N) is 1. The molecule has 1 aromatic heterocycles. The normalized spacial score (nSPS) is 14.3. The van der Waals surface area contributed by atoms with E-state index in [1.807, 2.05) is 32.9 Å². The number of hydrogen-bond donors (Lipinski definition) is 1. The molecule has 0 amide bonds. The number of rotatable bonds is 3. The molecule has 1 aromatic rings. The van der Waals surface area contributed by atoms with Crippen LogP contribution < -0.4 is 5.32 Å². The zero-order valence-electron chi connectivity index (χ0n) is 10.4. The lowest BCUT2D eigenvalue weighted by atomic mass is 9.95. The van der Waals surface area contributed by atoms with Gasteiger partial charge in [-0.05, 0) is 17.5 Å². The number of nitrogens with one attached hydrogen (secondary N) is 1. The van der Waals surface area contributed by atoms with Crippen LogP contribution in [0.4, 0.5) is 13.2 Å². The first-order valence-corrected chi connectivity index (χ1v) is 6.25. The maximum Gasteiger partial charge on any atom is 0.401 e. The summed E-state index contributed by atoms with van der Waals surface area (Å²) in [5.74, 6) is 0. The Bertz CT molecular complexity index is 437. The molecule has 0 fully saturated rings. The quantitative estimate of drug-likeness (QED) is 0.912. The minimum absolute atomic E-state index is 0.0626. The third-order valence-electron chi connectivity index (χ3n) is 2.29. The molecule has 0 aliphatic rings. The van der Waals surface area contributed by atoms with E-state index in [0.717, 1.165) is 4.88 Å². The van der Waals surface area contributed by atoms with E-state index in [1.165, 1.54) is 11.3 Å². The largest absolute Gasteiger partial charge is 0.401 e. The van der Waals surface area contributed by atoms with Crippen molar-refractivity contribution in [3.8, 4) is 6.07 Å². The fraction of sp³-hybridized carbons (Fsp3) is 0.583. The Hall–Kier alpha value is -1.06. The van der Waals surface area contributed by atoms with Crippen LogP contribution in [0.5, 0.6) is 0 Å². The maximum absolute atomic E-state index is 12.1. The summed E-state index contributed by atoms with van der Waals surface area (Å²) in [5.41, 5.74) is -0.0626. The second kappa shape index (κ2) is 5.29. The molecule has 0 saturated heterocycles. The van der Waals surface area contributed by atoms with Crippen LogP contribution >= 0.6 is 11.3 Å². The van der Waals surface area contributed by atoms with Crippen molar-refractivity contribution in [1.82, 2.24) is 5.32 Å². The number of alkyl halides is 3. The minimum Gasteiger partial charge on any atom is -0.289 e. The van der Waals surface area contributed by atoms with Crippen molar-refractivity contribution in [2.45, 2.75) is 38.4 Å². The van der Waals surface area contributed by atoms with Crippen LogP contribution in [0, 0.1) is 11.3 Å². The maximum atomic E-state index is 12.1. The Balaban J connectivity index is 2.78. The van der Waals surface area contributed by atoms with Crippen molar-refractivity contribution in [2.75, 3.05) is 6.54 Å². The first-order chi connectivity index (χ1) is 8.13. The van der Waals surface area contributed by atoms with Crippen LogP contribution in [0.2, 0.25) is 0 Å². The Morgan fingerprint density at radius 2 is 1.94 bits per heavy atom. The lowest BCUT2D eigenvalue weighted by Gasteiger charge is -2.16. The van der Waals surface area contributed by atoms with Crippen molar-refractivity contribution >= 4 is 11.3 Å². The van der Waals surface area contributed by atoms with Gasteiger partial charge in [0.05, 0.1) is 12.6 Å². The molecular weight excluding hydrogens is 261 g/mol. The fourth-order valence-corrected chi connectivity index (χ4v) is 2.42. The van der Waals surface area contributed by atoms with Gasteiger partial charge in [-0.3, -0.25) is 5.32 Å². The summed E-state index contributed by atoms with van der Waals surface area (Å²) in [6, 6.07) is 4.52. The van der Waals surface area contributed by atoms with Gasteiger partial charge in [0, 0.05) is 9.75 Å². The second-order valence-corrected chi connectivity index (χ2v) is 6.13. The van der Waals surface area contributed by atoms with Crippen LogP contribution in [-0.2, 0) is 5.41 Å². The van der Waals surface area contributed by atoms with Crippen molar-refractivity contribution in [3.05, 3.63) is 21.9 Å². The molecule has 2 nitrogen and oxygen atoms in total. The molecule has 1 unspecified atom stereocenters. The first-order valence-electron chi connectivity index (χ1n) is 5.43. The SMILES string of the molecule is CC(C)(C)c1ccc(C(C#N)NCC(F)(F)F)s1. The first kappa shape index (κ1) is 15.0. The molecule has 1 heterocycles.